The van der Waals surface area contributed by atoms with Gasteiger partial charge in [-0.1, -0.05) is 0 Å². The number of carbonyl (C=O) groups is 3. The van der Waals surface area contributed by atoms with Crippen molar-refractivity contribution in [3.63, 3.8) is 0 Å². The van der Waals surface area contributed by atoms with Gasteiger partial charge in [0.15, 0.2) is 18.1 Å². The number of hydrogen-bond donors (Lipinski definition) is 2. The normalized spacial score (nSPS) is 12.3. The molecule has 12 heteroatoms. The van der Waals surface area contributed by atoms with E-state index in [9.17, 15) is 22.8 Å². The first-order chi connectivity index (χ1) is 17.5. The first-order valence-corrected chi connectivity index (χ1v) is 12.7. The summed E-state index contributed by atoms with van der Waals surface area (Å²) < 4.78 is 44.7. The zero-order valence-corrected chi connectivity index (χ0v) is 21.2. The lowest BCUT2D eigenvalue weighted by atomic mass is 10.1. The van der Waals surface area contributed by atoms with Crippen LogP contribution in [0.5, 0.6) is 11.5 Å². The summed E-state index contributed by atoms with van der Waals surface area (Å²) in [6.45, 7) is 3.91. The Morgan fingerprint density at radius 1 is 1.00 bits per heavy atom. The highest BCUT2D eigenvalue weighted by Crippen LogP contribution is 2.35. The van der Waals surface area contributed by atoms with E-state index in [1.807, 2.05) is 23.6 Å². The van der Waals surface area contributed by atoms with Gasteiger partial charge in [0.25, 0.3) is 0 Å². The fourth-order valence-electron chi connectivity index (χ4n) is 3.90. The van der Waals surface area contributed by atoms with Crippen molar-refractivity contribution in [2.75, 3.05) is 25.3 Å². The van der Waals surface area contributed by atoms with Crippen LogP contribution >= 0.6 is 0 Å². The molecule has 4 rings (SSSR count). The lowest BCUT2D eigenvalue weighted by molar-refractivity contribution is -0.141. The Kier molecular flexibility index (Phi) is 7.32. The average Bonchev–Trinajstić information content (AvgIpc) is 3.44. The van der Waals surface area contributed by atoms with Crippen molar-refractivity contribution in [2.24, 2.45) is 0 Å². The van der Waals surface area contributed by atoms with E-state index in [0.717, 1.165) is 11.4 Å². The number of aryl methyl sites for hydroxylation is 1. The predicted octanol–water partition coefficient (Wildman–Crippen LogP) is 2.49. The molecule has 2 heterocycles. The number of ether oxygens (including phenoxy) is 3. The Hall–Kier alpha value is -4.16. The lowest BCUT2D eigenvalue weighted by Crippen LogP contribution is -2.31. The van der Waals surface area contributed by atoms with E-state index >= 15 is 0 Å². The van der Waals surface area contributed by atoms with Gasteiger partial charge in [-0.3, -0.25) is 14.4 Å². The predicted molar refractivity (Wildman–Crippen MR) is 133 cm³/mol. The second kappa shape index (κ2) is 10.4. The molecular weight excluding hydrogens is 502 g/mol. The molecule has 2 N–H and O–H groups in total. The van der Waals surface area contributed by atoms with Crippen LogP contribution < -0.4 is 19.5 Å². The smallest absolute Gasteiger partial charge is 0.321 e. The standard InChI is InChI=1S/C25H25N3O8S/c1-15-10-21(16(2)28(15)19-6-9-23-24(11-19)36-14-35-23)22(30)13-34-25(31)12-26-37(32,33)20-7-4-18(5-8-20)27-17(3)29/h4-11,26H,12-14H2,1-3H3,(H,27,29). The van der Waals surface area contributed by atoms with Crippen LogP contribution in [0.4, 0.5) is 5.69 Å². The van der Waals surface area contributed by atoms with Gasteiger partial charge >= 0.3 is 5.97 Å². The van der Waals surface area contributed by atoms with Gasteiger partial charge in [0.2, 0.25) is 28.5 Å². The summed E-state index contributed by atoms with van der Waals surface area (Å²) >= 11 is 0. The van der Waals surface area contributed by atoms with Crippen molar-refractivity contribution in [1.29, 1.82) is 0 Å². The molecule has 11 nitrogen and oxygen atoms in total. The second-order valence-electron chi connectivity index (χ2n) is 8.27. The molecule has 1 aliphatic rings. The summed E-state index contributed by atoms with van der Waals surface area (Å²) in [5.41, 5.74) is 3.05. The maximum atomic E-state index is 12.8. The number of hydrogen-bond acceptors (Lipinski definition) is 8. The SMILES string of the molecule is CC(=O)Nc1ccc(S(=O)(=O)NCC(=O)OCC(=O)c2cc(C)n(-c3ccc4c(c3)OCO4)c2C)cc1. The summed E-state index contributed by atoms with van der Waals surface area (Å²) in [5, 5.41) is 2.53. The zero-order chi connectivity index (χ0) is 26.7. The van der Waals surface area contributed by atoms with Gasteiger partial charge in [0.1, 0.15) is 6.54 Å². The highest BCUT2D eigenvalue weighted by molar-refractivity contribution is 7.89. The third-order valence-corrected chi connectivity index (χ3v) is 7.02. The Labute approximate surface area is 213 Å². The Morgan fingerprint density at radius 2 is 1.70 bits per heavy atom. The molecule has 1 aromatic heterocycles. The minimum atomic E-state index is -4.01. The van der Waals surface area contributed by atoms with Crippen LogP contribution in [0.15, 0.2) is 53.4 Å². The number of nitrogens with one attached hydrogen (secondary N) is 2. The molecule has 37 heavy (non-hydrogen) atoms. The molecule has 1 aliphatic heterocycles. The number of fused-ring (bicyclic) bond motifs is 1. The number of ketones is 1. The molecule has 0 saturated carbocycles. The maximum Gasteiger partial charge on any atom is 0.321 e. The number of nitrogens with zero attached hydrogens (tertiary/aromatic N) is 1. The zero-order valence-electron chi connectivity index (χ0n) is 20.4. The summed E-state index contributed by atoms with van der Waals surface area (Å²) in [5.74, 6) is -0.368. The van der Waals surface area contributed by atoms with E-state index in [0.29, 0.717) is 28.4 Å². The number of amides is 1. The molecular formula is C25H25N3O8S. The molecule has 0 bridgehead atoms. The lowest BCUT2D eigenvalue weighted by Gasteiger charge is -2.11. The van der Waals surface area contributed by atoms with E-state index < -0.39 is 34.9 Å². The molecule has 194 valence electrons. The minimum absolute atomic E-state index is 0.0959. The molecule has 0 spiro atoms. The van der Waals surface area contributed by atoms with Crippen molar-refractivity contribution >= 4 is 33.4 Å². The van der Waals surface area contributed by atoms with Gasteiger partial charge in [-0.2, -0.15) is 4.72 Å². The van der Waals surface area contributed by atoms with Crippen LogP contribution in [0.1, 0.15) is 28.7 Å². The fraction of sp³-hybridized carbons (Fsp3) is 0.240. The number of Topliss-reactive ketones (excluding diaryl/α,β-unsaturated/α-hetero) is 1. The van der Waals surface area contributed by atoms with Crippen LogP contribution in [0, 0.1) is 13.8 Å². The largest absolute Gasteiger partial charge is 0.456 e. The number of aromatic nitrogens is 1. The van der Waals surface area contributed by atoms with Crippen LogP contribution in [0.25, 0.3) is 5.69 Å². The second-order valence-corrected chi connectivity index (χ2v) is 10.0. The summed E-state index contributed by atoms with van der Waals surface area (Å²) in [4.78, 5) is 35.9. The van der Waals surface area contributed by atoms with Crippen molar-refractivity contribution < 1.29 is 37.0 Å². The number of carbonyl (C=O) groups excluding carboxylic acids is 3. The van der Waals surface area contributed by atoms with Crippen LogP contribution in [-0.2, 0) is 24.3 Å². The molecule has 1 amide bonds. The minimum Gasteiger partial charge on any atom is -0.456 e. The quantitative estimate of drug-likeness (QED) is 0.319. The molecule has 0 fully saturated rings. The third kappa shape index (κ3) is 5.81. The summed E-state index contributed by atoms with van der Waals surface area (Å²) in [7, 11) is -4.01. The molecule has 0 atom stereocenters. The topological polar surface area (TPSA) is 142 Å². The van der Waals surface area contributed by atoms with E-state index in [1.165, 1.54) is 31.2 Å². The highest BCUT2D eigenvalue weighted by atomic mass is 32.2. The van der Waals surface area contributed by atoms with E-state index in [1.54, 1.807) is 19.1 Å². The molecule has 3 aromatic rings. The van der Waals surface area contributed by atoms with E-state index in [2.05, 4.69) is 10.0 Å². The van der Waals surface area contributed by atoms with Gasteiger partial charge < -0.3 is 24.1 Å². The van der Waals surface area contributed by atoms with Gasteiger partial charge in [0.05, 0.1) is 4.90 Å². The Morgan fingerprint density at radius 3 is 2.41 bits per heavy atom. The first kappa shape index (κ1) is 25.9. The van der Waals surface area contributed by atoms with Gasteiger partial charge in [-0.25, -0.2) is 8.42 Å². The number of esters is 1. The Bertz CT molecular complexity index is 1480. The summed E-state index contributed by atoms with van der Waals surface area (Å²) in [6, 6.07) is 12.6. The van der Waals surface area contributed by atoms with Crippen molar-refractivity contribution in [3.8, 4) is 17.2 Å². The number of rotatable bonds is 9. The molecule has 0 radical (unpaired) electrons. The molecule has 0 aliphatic carbocycles. The first-order valence-electron chi connectivity index (χ1n) is 11.2. The van der Waals surface area contributed by atoms with Crippen LogP contribution in [-0.4, -0.2) is 50.6 Å². The van der Waals surface area contributed by atoms with Crippen molar-refractivity contribution in [1.82, 2.24) is 9.29 Å². The van der Waals surface area contributed by atoms with Gasteiger partial charge in [-0.15, -0.1) is 0 Å². The van der Waals surface area contributed by atoms with E-state index in [-0.39, 0.29) is 17.6 Å². The van der Waals surface area contributed by atoms with Crippen molar-refractivity contribution in [2.45, 2.75) is 25.7 Å². The Balaban J connectivity index is 1.35. The van der Waals surface area contributed by atoms with Crippen LogP contribution in [0.3, 0.4) is 0 Å². The van der Waals surface area contributed by atoms with Crippen molar-refractivity contribution in [3.05, 3.63) is 65.5 Å². The summed E-state index contributed by atoms with van der Waals surface area (Å²) in [6.07, 6.45) is 0. The molecule has 0 saturated heterocycles. The fourth-order valence-corrected chi connectivity index (χ4v) is 4.87. The monoisotopic (exact) mass is 527 g/mol. The number of anilines is 1. The highest BCUT2D eigenvalue weighted by Gasteiger charge is 2.21. The van der Waals surface area contributed by atoms with E-state index in [4.69, 9.17) is 14.2 Å². The maximum absolute atomic E-state index is 12.8. The van der Waals surface area contributed by atoms with Gasteiger partial charge in [-0.05, 0) is 56.3 Å². The van der Waals surface area contributed by atoms with Gasteiger partial charge in [0, 0.05) is 41.3 Å². The van der Waals surface area contributed by atoms with Crippen LogP contribution in [0.2, 0.25) is 0 Å². The number of benzene rings is 2. The number of sulfonamides is 1. The molecule has 0 unspecified atom stereocenters. The third-order valence-electron chi connectivity index (χ3n) is 5.60. The molecule has 2 aromatic carbocycles. The average molecular weight is 528 g/mol.